The van der Waals surface area contributed by atoms with Crippen molar-refractivity contribution >= 4 is 11.8 Å². The van der Waals surface area contributed by atoms with Gasteiger partial charge in [0.25, 0.3) is 0 Å². The van der Waals surface area contributed by atoms with Gasteiger partial charge in [0.05, 0.1) is 13.2 Å². The quantitative estimate of drug-likeness (QED) is 0.471. The minimum atomic E-state index is -1.21. The summed E-state index contributed by atoms with van der Waals surface area (Å²) in [7, 11) is 1.22. The molecule has 5 nitrogen and oxygen atoms in total. The van der Waals surface area contributed by atoms with Gasteiger partial charge in [-0.2, -0.15) is 0 Å². The average Bonchev–Trinajstić information content (AvgIpc) is 2.55. The summed E-state index contributed by atoms with van der Waals surface area (Å²) in [4.78, 5) is 23.6. The van der Waals surface area contributed by atoms with Crippen LogP contribution in [-0.4, -0.2) is 35.7 Å². The second-order valence-corrected chi connectivity index (χ2v) is 4.45. The molecule has 0 saturated carbocycles. The lowest BCUT2D eigenvalue weighted by Gasteiger charge is -2.18. The molecule has 0 unspecified atom stereocenters. The summed E-state index contributed by atoms with van der Waals surface area (Å²) >= 11 is 0. The van der Waals surface area contributed by atoms with Crippen molar-refractivity contribution in [1.29, 1.82) is 0 Å². The molecule has 0 amide bonds. The molecule has 19 heavy (non-hydrogen) atoms. The standard InChI is InChI=1S/C14H18O5/c1-9(15)7-5-6-8-14(3)12(16)11(10(2)19-14)13(17)18-4/h5-9,15H,1-4H3/b7-5+,8-6+/t9-,14+/m0/s1. The highest BCUT2D eigenvalue weighted by Crippen LogP contribution is 2.32. The molecule has 1 aliphatic heterocycles. The van der Waals surface area contributed by atoms with E-state index in [0.717, 1.165) is 0 Å². The van der Waals surface area contributed by atoms with Crippen LogP contribution in [0.1, 0.15) is 20.8 Å². The van der Waals surface area contributed by atoms with Gasteiger partial charge < -0.3 is 14.6 Å². The summed E-state index contributed by atoms with van der Waals surface area (Å²) in [6.45, 7) is 4.74. The maximum Gasteiger partial charge on any atom is 0.345 e. The fourth-order valence-electron chi connectivity index (χ4n) is 1.74. The summed E-state index contributed by atoms with van der Waals surface area (Å²) in [5, 5.41) is 9.06. The van der Waals surface area contributed by atoms with Crippen molar-refractivity contribution in [3.8, 4) is 0 Å². The van der Waals surface area contributed by atoms with Crippen LogP contribution in [0.3, 0.4) is 0 Å². The predicted molar refractivity (Wildman–Crippen MR) is 69.2 cm³/mol. The Kier molecular flexibility index (Phi) is 4.67. The zero-order valence-corrected chi connectivity index (χ0v) is 11.5. The van der Waals surface area contributed by atoms with Crippen LogP contribution in [-0.2, 0) is 19.1 Å². The fourth-order valence-corrected chi connectivity index (χ4v) is 1.74. The normalized spacial score (nSPS) is 25.2. The van der Waals surface area contributed by atoms with Crippen molar-refractivity contribution in [1.82, 2.24) is 0 Å². The Hall–Kier alpha value is -1.88. The molecule has 2 atom stereocenters. The number of hydrogen-bond donors (Lipinski definition) is 1. The van der Waals surface area contributed by atoms with Gasteiger partial charge in [0.15, 0.2) is 5.60 Å². The van der Waals surface area contributed by atoms with Crippen molar-refractivity contribution < 1.29 is 24.2 Å². The van der Waals surface area contributed by atoms with Gasteiger partial charge in [0.2, 0.25) is 5.78 Å². The number of esters is 1. The number of carbonyl (C=O) groups is 2. The van der Waals surface area contributed by atoms with E-state index < -0.39 is 23.5 Å². The zero-order valence-electron chi connectivity index (χ0n) is 11.5. The first-order valence-electron chi connectivity index (χ1n) is 5.89. The van der Waals surface area contributed by atoms with Crippen LogP contribution in [0.5, 0.6) is 0 Å². The van der Waals surface area contributed by atoms with E-state index >= 15 is 0 Å². The maximum absolute atomic E-state index is 12.2. The van der Waals surface area contributed by atoms with E-state index in [1.165, 1.54) is 13.2 Å². The van der Waals surface area contributed by atoms with Gasteiger partial charge in [0, 0.05) is 0 Å². The van der Waals surface area contributed by atoms with Crippen LogP contribution in [0, 0.1) is 0 Å². The van der Waals surface area contributed by atoms with Gasteiger partial charge in [-0.15, -0.1) is 0 Å². The number of Topliss-reactive ketones (excluding diaryl/α,β-unsaturated/α-hetero) is 1. The lowest BCUT2D eigenvalue weighted by molar-refractivity contribution is -0.138. The van der Waals surface area contributed by atoms with Crippen molar-refractivity contribution in [3.63, 3.8) is 0 Å². The van der Waals surface area contributed by atoms with Gasteiger partial charge in [-0.05, 0) is 26.8 Å². The number of carbonyl (C=O) groups excluding carboxylic acids is 2. The van der Waals surface area contributed by atoms with Crippen LogP contribution < -0.4 is 0 Å². The molecule has 1 N–H and O–H groups in total. The third-order valence-corrected chi connectivity index (χ3v) is 2.70. The summed E-state index contributed by atoms with van der Waals surface area (Å²) < 4.78 is 10.0. The van der Waals surface area contributed by atoms with Crippen LogP contribution in [0.15, 0.2) is 35.6 Å². The third kappa shape index (κ3) is 3.32. The Balaban J connectivity index is 2.89. The molecule has 0 radical (unpaired) electrons. The molecule has 0 fully saturated rings. The smallest absolute Gasteiger partial charge is 0.345 e. The Morgan fingerprint density at radius 1 is 1.47 bits per heavy atom. The molecule has 0 saturated heterocycles. The number of methoxy groups -OCH3 is 1. The molecule has 1 rings (SSSR count). The number of ether oxygens (including phenoxy) is 2. The van der Waals surface area contributed by atoms with Crippen LogP contribution in [0.25, 0.3) is 0 Å². The molecule has 0 aliphatic carbocycles. The van der Waals surface area contributed by atoms with Crippen molar-refractivity contribution in [2.75, 3.05) is 7.11 Å². The molecule has 1 aliphatic rings. The van der Waals surface area contributed by atoms with Crippen molar-refractivity contribution in [3.05, 3.63) is 35.6 Å². The summed E-state index contributed by atoms with van der Waals surface area (Å²) in [6, 6.07) is 0. The van der Waals surface area contributed by atoms with Gasteiger partial charge in [0.1, 0.15) is 11.3 Å². The van der Waals surface area contributed by atoms with E-state index in [4.69, 9.17) is 9.84 Å². The molecule has 0 aromatic carbocycles. The SMILES string of the molecule is COC(=O)C1=C(C)O[C@](C)(/C=C/C=C/[C@H](C)O)C1=O. The number of aliphatic hydroxyl groups excluding tert-OH is 1. The third-order valence-electron chi connectivity index (χ3n) is 2.70. The van der Waals surface area contributed by atoms with E-state index in [-0.39, 0.29) is 11.3 Å². The van der Waals surface area contributed by atoms with Gasteiger partial charge >= 0.3 is 5.97 Å². The summed E-state index contributed by atoms with van der Waals surface area (Å²) in [5.74, 6) is -0.874. The van der Waals surface area contributed by atoms with E-state index in [1.807, 2.05) is 0 Å². The lowest BCUT2D eigenvalue weighted by atomic mass is 9.96. The van der Waals surface area contributed by atoms with Gasteiger partial charge in [-0.1, -0.05) is 18.2 Å². The number of aliphatic hydroxyl groups is 1. The molecule has 0 aromatic rings. The zero-order chi connectivity index (χ0) is 14.6. The van der Waals surface area contributed by atoms with Crippen LogP contribution in [0.4, 0.5) is 0 Å². The van der Waals surface area contributed by atoms with Gasteiger partial charge in [-0.3, -0.25) is 4.79 Å². The molecule has 1 heterocycles. The average molecular weight is 266 g/mol. The Morgan fingerprint density at radius 2 is 2.11 bits per heavy atom. The number of hydrogen-bond acceptors (Lipinski definition) is 5. The second kappa shape index (κ2) is 5.84. The molecule has 0 bridgehead atoms. The first kappa shape index (κ1) is 15.2. The molecular formula is C14H18O5. The minimum absolute atomic E-state index is 0.0610. The molecule has 0 spiro atoms. The summed E-state index contributed by atoms with van der Waals surface area (Å²) in [5.41, 5.74) is -1.27. The number of rotatable bonds is 4. The minimum Gasteiger partial charge on any atom is -0.479 e. The van der Waals surface area contributed by atoms with E-state index in [9.17, 15) is 9.59 Å². The topological polar surface area (TPSA) is 72.8 Å². The van der Waals surface area contributed by atoms with Gasteiger partial charge in [-0.25, -0.2) is 4.79 Å². The van der Waals surface area contributed by atoms with Crippen molar-refractivity contribution in [2.24, 2.45) is 0 Å². The molecule has 0 aromatic heterocycles. The fraction of sp³-hybridized carbons (Fsp3) is 0.429. The Bertz CT molecular complexity index is 470. The molecular weight excluding hydrogens is 248 g/mol. The predicted octanol–water partition coefficient (Wildman–Crippen LogP) is 1.28. The monoisotopic (exact) mass is 266 g/mol. The molecule has 5 heteroatoms. The highest BCUT2D eigenvalue weighted by atomic mass is 16.5. The first-order chi connectivity index (χ1) is 8.81. The van der Waals surface area contributed by atoms with E-state index in [0.29, 0.717) is 0 Å². The maximum atomic E-state index is 12.2. The lowest BCUT2D eigenvalue weighted by Crippen LogP contribution is -2.32. The summed E-state index contributed by atoms with van der Waals surface area (Å²) in [6.07, 6.45) is 5.73. The number of ketones is 1. The van der Waals surface area contributed by atoms with Crippen LogP contribution in [0.2, 0.25) is 0 Å². The van der Waals surface area contributed by atoms with E-state index in [1.54, 1.807) is 39.0 Å². The van der Waals surface area contributed by atoms with Crippen LogP contribution >= 0.6 is 0 Å². The highest BCUT2D eigenvalue weighted by molar-refractivity contribution is 6.22. The first-order valence-corrected chi connectivity index (χ1v) is 5.89. The number of allylic oxidation sites excluding steroid dienone is 3. The Labute approximate surface area is 112 Å². The highest BCUT2D eigenvalue weighted by Gasteiger charge is 2.45. The van der Waals surface area contributed by atoms with Crippen molar-refractivity contribution in [2.45, 2.75) is 32.5 Å². The second-order valence-electron chi connectivity index (χ2n) is 4.45. The Morgan fingerprint density at radius 3 is 2.63 bits per heavy atom. The van der Waals surface area contributed by atoms with E-state index in [2.05, 4.69) is 4.74 Å². The molecule has 104 valence electrons. The largest absolute Gasteiger partial charge is 0.479 e.